The summed E-state index contributed by atoms with van der Waals surface area (Å²) < 4.78 is 37.6. The van der Waals surface area contributed by atoms with Crippen molar-refractivity contribution in [2.75, 3.05) is 18.4 Å². The molecule has 3 rings (SSSR count). The number of carbonyl (C=O) groups is 1. The van der Waals surface area contributed by atoms with Crippen molar-refractivity contribution in [2.24, 2.45) is 0 Å². The van der Waals surface area contributed by atoms with Gasteiger partial charge in [-0.2, -0.15) is 18.3 Å². The molecule has 0 unspecified atom stereocenters. The van der Waals surface area contributed by atoms with Gasteiger partial charge in [0.15, 0.2) is 5.82 Å². The lowest BCUT2D eigenvalue weighted by atomic mass is 10.1. The highest BCUT2D eigenvalue weighted by Crippen LogP contribution is 2.26. The number of halogens is 3. The second-order valence-electron chi connectivity index (χ2n) is 5.35. The third kappa shape index (κ3) is 4.16. The zero-order chi connectivity index (χ0) is 17.2. The molecule has 2 aromatic heterocycles. The van der Waals surface area contributed by atoms with Crippen molar-refractivity contribution in [2.45, 2.75) is 19.1 Å². The Hall–Kier alpha value is -2.29. The molecule has 0 saturated heterocycles. The summed E-state index contributed by atoms with van der Waals surface area (Å²) >= 11 is 1.66. The number of carbonyl (C=O) groups excluding carboxylic acids is 1. The minimum atomic E-state index is -4.34. The fourth-order valence-electron chi connectivity index (χ4n) is 2.43. The highest BCUT2D eigenvalue weighted by atomic mass is 32.1. The lowest BCUT2D eigenvalue weighted by molar-refractivity contribution is -0.142. The number of nitrogens with one attached hydrogen (secondary N) is 1. The monoisotopic (exact) mass is 356 g/mol. The molecular weight excluding hydrogens is 341 g/mol. The Morgan fingerprint density at radius 2 is 2.21 bits per heavy atom. The minimum Gasteiger partial charge on any atom is -0.320 e. The average Bonchev–Trinajstić information content (AvgIpc) is 3.18. The van der Waals surface area contributed by atoms with Crippen molar-refractivity contribution in [3.05, 3.63) is 40.7 Å². The molecule has 1 aliphatic heterocycles. The van der Waals surface area contributed by atoms with Gasteiger partial charge in [0.25, 0.3) is 0 Å². The maximum atomic E-state index is 12.3. The zero-order valence-electron chi connectivity index (χ0n) is 12.6. The smallest absolute Gasteiger partial charge is 0.320 e. The first-order chi connectivity index (χ1) is 11.4. The van der Waals surface area contributed by atoms with Gasteiger partial charge < -0.3 is 4.90 Å². The van der Waals surface area contributed by atoms with Gasteiger partial charge >= 0.3 is 12.2 Å². The normalized spacial score (nSPS) is 15.3. The third-order valence-electron chi connectivity index (χ3n) is 3.55. The van der Waals surface area contributed by atoms with E-state index in [0.717, 1.165) is 11.1 Å². The molecule has 128 valence electrons. The SMILES string of the molecule is O=C(Nc1ccn(CC(F)(F)F)n1)N1CC=C(c2cccs2)CC1. The Morgan fingerprint density at radius 1 is 1.38 bits per heavy atom. The lowest BCUT2D eigenvalue weighted by Crippen LogP contribution is -2.38. The number of anilines is 1. The van der Waals surface area contributed by atoms with Gasteiger partial charge in [0, 0.05) is 30.2 Å². The summed E-state index contributed by atoms with van der Waals surface area (Å²) in [4.78, 5) is 15.0. The molecule has 0 saturated carbocycles. The highest BCUT2D eigenvalue weighted by molar-refractivity contribution is 7.11. The molecule has 0 atom stereocenters. The molecule has 5 nitrogen and oxygen atoms in total. The first-order valence-corrected chi connectivity index (χ1v) is 8.18. The summed E-state index contributed by atoms with van der Waals surface area (Å²) in [5.74, 6) is 0.109. The third-order valence-corrected chi connectivity index (χ3v) is 4.50. The van der Waals surface area contributed by atoms with E-state index in [9.17, 15) is 18.0 Å². The Labute approximate surface area is 140 Å². The second kappa shape index (κ2) is 6.68. The predicted molar refractivity (Wildman–Crippen MR) is 85.8 cm³/mol. The van der Waals surface area contributed by atoms with Crippen LogP contribution in [0.25, 0.3) is 5.57 Å². The molecule has 0 fully saturated rings. The molecule has 24 heavy (non-hydrogen) atoms. The standard InChI is InChI=1S/C15H15F3N4OS/c16-15(17,18)10-22-8-5-13(20-22)19-14(23)21-6-3-11(4-7-21)12-2-1-9-24-12/h1-3,5,8-9H,4,6-7,10H2,(H,19,20,23). The minimum absolute atomic E-state index is 0.109. The first kappa shape index (κ1) is 16.6. The van der Waals surface area contributed by atoms with Crippen LogP contribution >= 0.6 is 11.3 Å². The zero-order valence-corrected chi connectivity index (χ0v) is 13.4. The molecule has 1 aliphatic rings. The Morgan fingerprint density at radius 3 is 2.83 bits per heavy atom. The van der Waals surface area contributed by atoms with Crippen molar-refractivity contribution in [3.63, 3.8) is 0 Å². The summed E-state index contributed by atoms with van der Waals surface area (Å²) in [5.41, 5.74) is 1.21. The summed E-state index contributed by atoms with van der Waals surface area (Å²) in [6.07, 6.45) is -0.412. The molecule has 3 heterocycles. The van der Waals surface area contributed by atoms with Gasteiger partial charge in [-0.25, -0.2) is 4.79 Å². The van der Waals surface area contributed by atoms with Crippen LogP contribution < -0.4 is 5.32 Å². The molecule has 2 aromatic rings. The number of amides is 2. The van der Waals surface area contributed by atoms with E-state index in [0.29, 0.717) is 13.1 Å². The Kier molecular flexibility index (Phi) is 4.61. The van der Waals surface area contributed by atoms with Crippen LogP contribution in [0.2, 0.25) is 0 Å². The van der Waals surface area contributed by atoms with E-state index in [1.54, 1.807) is 16.2 Å². The maximum absolute atomic E-state index is 12.3. The van der Waals surface area contributed by atoms with E-state index < -0.39 is 12.7 Å². The van der Waals surface area contributed by atoms with Crippen LogP contribution in [0.4, 0.5) is 23.8 Å². The topological polar surface area (TPSA) is 50.2 Å². The van der Waals surface area contributed by atoms with Crippen molar-refractivity contribution < 1.29 is 18.0 Å². The fourth-order valence-corrected chi connectivity index (χ4v) is 3.23. The highest BCUT2D eigenvalue weighted by Gasteiger charge is 2.28. The number of hydrogen-bond donors (Lipinski definition) is 1. The summed E-state index contributed by atoms with van der Waals surface area (Å²) in [6, 6.07) is 5.01. The van der Waals surface area contributed by atoms with Crippen LogP contribution in [0, 0.1) is 0 Å². The number of aromatic nitrogens is 2. The Balaban J connectivity index is 1.56. The van der Waals surface area contributed by atoms with E-state index in [1.165, 1.54) is 22.7 Å². The first-order valence-electron chi connectivity index (χ1n) is 7.30. The van der Waals surface area contributed by atoms with Gasteiger partial charge in [-0.15, -0.1) is 11.3 Å². The number of thiophene rings is 1. The molecule has 2 amide bonds. The van der Waals surface area contributed by atoms with E-state index in [-0.39, 0.29) is 11.8 Å². The maximum Gasteiger partial charge on any atom is 0.408 e. The molecule has 9 heteroatoms. The number of urea groups is 1. The quantitative estimate of drug-likeness (QED) is 0.909. The number of hydrogen-bond acceptors (Lipinski definition) is 3. The number of nitrogens with zero attached hydrogens (tertiary/aromatic N) is 3. The van der Waals surface area contributed by atoms with Crippen LogP contribution in [-0.2, 0) is 6.54 Å². The van der Waals surface area contributed by atoms with Crippen molar-refractivity contribution in [1.29, 1.82) is 0 Å². The summed E-state index contributed by atoms with van der Waals surface area (Å²) in [6.45, 7) is -0.166. The van der Waals surface area contributed by atoms with Gasteiger partial charge in [0.05, 0.1) is 0 Å². The molecule has 0 bridgehead atoms. The lowest BCUT2D eigenvalue weighted by Gasteiger charge is -2.26. The molecule has 0 aliphatic carbocycles. The number of rotatable bonds is 3. The van der Waals surface area contributed by atoms with Gasteiger partial charge in [0.1, 0.15) is 6.54 Å². The Bertz CT molecular complexity index is 736. The van der Waals surface area contributed by atoms with Crippen LogP contribution in [0.1, 0.15) is 11.3 Å². The van der Waals surface area contributed by atoms with E-state index >= 15 is 0 Å². The van der Waals surface area contributed by atoms with Crippen molar-refractivity contribution in [3.8, 4) is 0 Å². The average molecular weight is 356 g/mol. The largest absolute Gasteiger partial charge is 0.408 e. The summed E-state index contributed by atoms with van der Waals surface area (Å²) in [5, 5.41) is 8.25. The second-order valence-corrected chi connectivity index (χ2v) is 6.29. The van der Waals surface area contributed by atoms with Gasteiger partial charge in [-0.05, 0) is 23.4 Å². The van der Waals surface area contributed by atoms with Crippen molar-refractivity contribution >= 4 is 28.8 Å². The van der Waals surface area contributed by atoms with Gasteiger partial charge in [0.2, 0.25) is 0 Å². The van der Waals surface area contributed by atoms with Crippen LogP contribution in [0.3, 0.4) is 0 Å². The van der Waals surface area contributed by atoms with Gasteiger partial charge in [-0.1, -0.05) is 12.1 Å². The van der Waals surface area contributed by atoms with Gasteiger partial charge in [-0.3, -0.25) is 10.00 Å². The van der Waals surface area contributed by atoms with E-state index in [4.69, 9.17) is 0 Å². The molecule has 1 N–H and O–H groups in total. The van der Waals surface area contributed by atoms with E-state index in [2.05, 4.69) is 10.4 Å². The van der Waals surface area contributed by atoms with Crippen LogP contribution in [0.5, 0.6) is 0 Å². The molecular formula is C15H15F3N4OS. The van der Waals surface area contributed by atoms with Crippen LogP contribution in [0.15, 0.2) is 35.9 Å². The summed E-state index contributed by atoms with van der Waals surface area (Å²) in [7, 11) is 0. The molecule has 0 aromatic carbocycles. The fraction of sp³-hybridized carbons (Fsp3) is 0.333. The number of alkyl halides is 3. The molecule has 0 radical (unpaired) electrons. The predicted octanol–water partition coefficient (Wildman–Crippen LogP) is 3.83. The van der Waals surface area contributed by atoms with Crippen LogP contribution in [-0.4, -0.2) is 40.0 Å². The van der Waals surface area contributed by atoms with E-state index in [1.807, 2.05) is 23.6 Å². The van der Waals surface area contributed by atoms with Crippen molar-refractivity contribution in [1.82, 2.24) is 14.7 Å². The molecule has 0 spiro atoms.